The predicted octanol–water partition coefficient (Wildman–Crippen LogP) is 0.854. The fraction of sp³-hybridized carbons (Fsp3) is 0.778. The van der Waals surface area contributed by atoms with Gasteiger partial charge in [-0.2, -0.15) is 14.8 Å². The van der Waals surface area contributed by atoms with Crippen molar-refractivity contribution >= 4 is 10.0 Å². The molecule has 0 spiro atoms. The van der Waals surface area contributed by atoms with Gasteiger partial charge in [0.2, 0.25) is 10.0 Å². The van der Waals surface area contributed by atoms with Crippen LogP contribution in [0.1, 0.15) is 26.7 Å². The number of nitriles is 2. The van der Waals surface area contributed by atoms with E-state index in [2.05, 4.69) is 0 Å². The summed E-state index contributed by atoms with van der Waals surface area (Å²) in [7, 11) is -3.64. The Hall–Kier alpha value is -1.11. The first-order valence-corrected chi connectivity index (χ1v) is 6.30. The molecule has 0 rings (SSSR count). The zero-order valence-corrected chi connectivity index (χ0v) is 9.79. The molecule has 0 radical (unpaired) electrons. The standard InChI is InChI=1S/C9H15N3O2S/c1-3-6-12(7-5-10)15(13,14)9(4-2)8-11/h9H,3-4,6-7H2,1-2H3. The van der Waals surface area contributed by atoms with Crippen molar-refractivity contribution in [3.05, 3.63) is 0 Å². The Morgan fingerprint density at radius 3 is 2.27 bits per heavy atom. The van der Waals surface area contributed by atoms with Crippen LogP contribution in [0.5, 0.6) is 0 Å². The third-order valence-corrected chi connectivity index (χ3v) is 4.14. The minimum absolute atomic E-state index is 0.186. The molecule has 0 fully saturated rings. The van der Waals surface area contributed by atoms with E-state index in [0.717, 1.165) is 4.31 Å². The zero-order chi connectivity index (χ0) is 11.9. The van der Waals surface area contributed by atoms with Crippen molar-refractivity contribution in [3.8, 4) is 12.1 Å². The summed E-state index contributed by atoms with van der Waals surface area (Å²) in [6.07, 6.45) is 0.868. The first-order valence-electron chi connectivity index (χ1n) is 4.80. The van der Waals surface area contributed by atoms with Crippen LogP contribution in [0.25, 0.3) is 0 Å². The van der Waals surface area contributed by atoms with Crippen molar-refractivity contribution in [2.24, 2.45) is 0 Å². The van der Waals surface area contributed by atoms with Crippen LogP contribution in [0.2, 0.25) is 0 Å². The van der Waals surface area contributed by atoms with Crippen molar-refractivity contribution in [1.82, 2.24) is 4.31 Å². The quantitative estimate of drug-likeness (QED) is 0.632. The molecule has 1 unspecified atom stereocenters. The normalized spacial score (nSPS) is 13.1. The summed E-state index contributed by atoms with van der Waals surface area (Å²) in [6.45, 7) is 3.57. The van der Waals surface area contributed by atoms with Gasteiger partial charge in [0.25, 0.3) is 0 Å². The van der Waals surface area contributed by atoms with E-state index in [1.807, 2.05) is 6.92 Å². The summed E-state index contributed by atoms with van der Waals surface area (Å²) < 4.78 is 24.7. The molecule has 0 bridgehead atoms. The molecule has 0 N–H and O–H groups in total. The maximum atomic E-state index is 11.8. The van der Waals surface area contributed by atoms with Crippen LogP contribution in [-0.4, -0.2) is 31.1 Å². The summed E-state index contributed by atoms with van der Waals surface area (Å²) in [5.41, 5.74) is 0. The lowest BCUT2D eigenvalue weighted by molar-refractivity contribution is 0.439. The van der Waals surface area contributed by atoms with Gasteiger partial charge in [0.05, 0.1) is 12.1 Å². The molecule has 0 aromatic carbocycles. The second-order valence-electron chi connectivity index (χ2n) is 3.06. The molecule has 6 heteroatoms. The highest BCUT2D eigenvalue weighted by molar-refractivity contribution is 7.90. The monoisotopic (exact) mass is 229 g/mol. The van der Waals surface area contributed by atoms with Gasteiger partial charge >= 0.3 is 0 Å². The lowest BCUT2D eigenvalue weighted by atomic mass is 10.4. The zero-order valence-electron chi connectivity index (χ0n) is 8.97. The van der Waals surface area contributed by atoms with Crippen LogP contribution in [0, 0.1) is 22.7 Å². The summed E-state index contributed by atoms with van der Waals surface area (Å²) in [6, 6.07) is 3.55. The second kappa shape index (κ2) is 6.39. The van der Waals surface area contributed by atoms with Gasteiger partial charge < -0.3 is 0 Å². The van der Waals surface area contributed by atoms with Crippen LogP contribution < -0.4 is 0 Å². The van der Waals surface area contributed by atoms with Gasteiger partial charge in [0.1, 0.15) is 6.54 Å². The van der Waals surface area contributed by atoms with E-state index >= 15 is 0 Å². The fourth-order valence-corrected chi connectivity index (χ4v) is 2.76. The Bertz CT molecular complexity index is 364. The maximum absolute atomic E-state index is 11.8. The van der Waals surface area contributed by atoms with Gasteiger partial charge in [-0.05, 0) is 12.8 Å². The Morgan fingerprint density at radius 1 is 1.33 bits per heavy atom. The largest absolute Gasteiger partial charge is 0.231 e. The van der Waals surface area contributed by atoms with E-state index in [-0.39, 0.29) is 19.5 Å². The number of hydrogen-bond acceptors (Lipinski definition) is 4. The molecule has 0 saturated carbocycles. The first kappa shape index (κ1) is 13.9. The van der Waals surface area contributed by atoms with E-state index in [9.17, 15) is 8.42 Å². The molecule has 0 amide bonds. The molecule has 0 aliphatic rings. The fourth-order valence-electron chi connectivity index (χ4n) is 1.17. The number of rotatable bonds is 6. The average Bonchev–Trinajstić information content (AvgIpc) is 2.19. The molecule has 0 saturated heterocycles. The summed E-state index contributed by atoms with van der Waals surface area (Å²) in [5.74, 6) is 0. The van der Waals surface area contributed by atoms with Gasteiger partial charge in [-0.15, -0.1) is 0 Å². The van der Waals surface area contributed by atoms with Crippen molar-refractivity contribution in [2.45, 2.75) is 31.9 Å². The first-order chi connectivity index (χ1) is 7.04. The predicted molar refractivity (Wildman–Crippen MR) is 56.1 cm³/mol. The van der Waals surface area contributed by atoms with E-state index in [1.54, 1.807) is 19.1 Å². The Morgan fingerprint density at radius 2 is 1.93 bits per heavy atom. The van der Waals surface area contributed by atoms with Crippen LogP contribution in [-0.2, 0) is 10.0 Å². The van der Waals surface area contributed by atoms with Crippen LogP contribution in [0.3, 0.4) is 0 Å². The van der Waals surface area contributed by atoms with Crippen LogP contribution in [0.4, 0.5) is 0 Å². The molecule has 0 heterocycles. The van der Waals surface area contributed by atoms with Crippen molar-refractivity contribution in [3.63, 3.8) is 0 Å². The molecular formula is C9H15N3O2S. The van der Waals surface area contributed by atoms with Gasteiger partial charge in [-0.1, -0.05) is 13.8 Å². The molecule has 84 valence electrons. The van der Waals surface area contributed by atoms with Crippen LogP contribution in [0.15, 0.2) is 0 Å². The summed E-state index contributed by atoms with van der Waals surface area (Å²) >= 11 is 0. The molecule has 0 aromatic rings. The molecule has 5 nitrogen and oxygen atoms in total. The minimum Gasteiger partial charge on any atom is -0.211 e. The highest BCUT2D eigenvalue weighted by atomic mass is 32.2. The Balaban J connectivity index is 4.96. The van der Waals surface area contributed by atoms with Gasteiger partial charge in [-0.3, -0.25) is 0 Å². The average molecular weight is 229 g/mol. The summed E-state index contributed by atoms with van der Waals surface area (Å²) in [4.78, 5) is 0. The van der Waals surface area contributed by atoms with Crippen LogP contribution >= 0.6 is 0 Å². The maximum Gasteiger partial charge on any atom is 0.231 e. The summed E-state index contributed by atoms with van der Waals surface area (Å²) in [5, 5.41) is 16.2. The molecule has 1 atom stereocenters. The number of hydrogen-bond donors (Lipinski definition) is 0. The Kier molecular flexibility index (Phi) is 5.92. The lowest BCUT2D eigenvalue weighted by Gasteiger charge is -2.20. The molecule has 15 heavy (non-hydrogen) atoms. The van der Waals surface area contributed by atoms with Gasteiger partial charge in [0, 0.05) is 6.54 Å². The highest BCUT2D eigenvalue weighted by Gasteiger charge is 2.29. The third-order valence-electron chi connectivity index (χ3n) is 1.95. The SMILES string of the molecule is CCCN(CC#N)S(=O)(=O)C(C#N)CC. The van der Waals surface area contributed by atoms with E-state index in [0.29, 0.717) is 6.42 Å². The van der Waals surface area contributed by atoms with E-state index in [1.165, 1.54) is 0 Å². The molecule has 0 aromatic heterocycles. The Labute approximate surface area is 91.0 Å². The van der Waals surface area contributed by atoms with Crippen molar-refractivity contribution in [1.29, 1.82) is 10.5 Å². The minimum atomic E-state index is -3.64. The second-order valence-corrected chi connectivity index (χ2v) is 5.18. The number of nitrogens with zero attached hydrogens (tertiary/aromatic N) is 3. The van der Waals surface area contributed by atoms with Gasteiger partial charge in [-0.25, -0.2) is 8.42 Å². The molecule has 0 aliphatic heterocycles. The van der Waals surface area contributed by atoms with Crippen molar-refractivity contribution in [2.75, 3.05) is 13.1 Å². The van der Waals surface area contributed by atoms with E-state index < -0.39 is 15.3 Å². The van der Waals surface area contributed by atoms with Crippen molar-refractivity contribution < 1.29 is 8.42 Å². The smallest absolute Gasteiger partial charge is 0.211 e. The highest BCUT2D eigenvalue weighted by Crippen LogP contribution is 2.11. The number of sulfonamides is 1. The third kappa shape index (κ3) is 3.50. The topological polar surface area (TPSA) is 85.0 Å². The van der Waals surface area contributed by atoms with E-state index in [4.69, 9.17) is 10.5 Å². The molecular weight excluding hydrogens is 214 g/mol. The lowest BCUT2D eigenvalue weighted by Crippen LogP contribution is -2.38. The van der Waals surface area contributed by atoms with Gasteiger partial charge in [0.15, 0.2) is 5.25 Å². The molecule has 0 aliphatic carbocycles.